The van der Waals surface area contributed by atoms with Crippen LogP contribution in [0.25, 0.3) is 11.5 Å². The lowest BCUT2D eigenvalue weighted by Gasteiger charge is -2.07. The Bertz CT molecular complexity index is 582. The zero-order chi connectivity index (χ0) is 13.8. The summed E-state index contributed by atoms with van der Waals surface area (Å²) >= 11 is 0. The summed E-state index contributed by atoms with van der Waals surface area (Å²) in [5.74, 6) is 0.335. The van der Waals surface area contributed by atoms with Crippen LogP contribution in [-0.4, -0.2) is 21.4 Å². The van der Waals surface area contributed by atoms with Crippen LogP contribution in [-0.2, 0) is 0 Å². The minimum Gasteiger partial charge on any atom is -0.462 e. The molecule has 0 aliphatic rings. The lowest BCUT2D eigenvalue weighted by atomic mass is 10.2. The van der Waals surface area contributed by atoms with E-state index in [2.05, 4.69) is 15.3 Å². The second-order valence-corrected chi connectivity index (χ2v) is 3.79. The summed E-state index contributed by atoms with van der Waals surface area (Å²) in [5.41, 5.74) is 5.41. The van der Waals surface area contributed by atoms with Crippen molar-refractivity contribution in [1.82, 2.24) is 9.97 Å². The fourth-order valence-corrected chi connectivity index (χ4v) is 1.60. The van der Waals surface area contributed by atoms with Crippen LogP contribution in [0.3, 0.4) is 0 Å². The number of hydrogen-bond donors (Lipinski definition) is 2. The van der Waals surface area contributed by atoms with Gasteiger partial charge in [-0.25, -0.2) is 4.98 Å². The molecule has 2 rings (SSSR count). The number of nitrogen functional groups attached to an aromatic ring is 1. The molecule has 8 heteroatoms. The highest BCUT2D eigenvalue weighted by atomic mass is 16.6. The van der Waals surface area contributed by atoms with E-state index in [-0.39, 0.29) is 28.9 Å². The smallest absolute Gasteiger partial charge is 0.340 e. The molecule has 0 radical (unpaired) electrons. The summed E-state index contributed by atoms with van der Waals surface area (Å²) in [6.07, 6.45) is 2.22. The van der Waals surface area contributed by atoms with Crippen LogP contribution in [0.1, 0.15) is 13.3 Å². The van der Waals surface area contributed by atoms with Crippen LogP contribution in [0.15, 0.2) is 22.8 Å². The molecule has 0 aromatic carbocycles. The standard InChI is InChI=1S/C11H13N5O3/c1-2-5-13-10-9(16(17)18)8(14-11(12)15-10)7-4-3-6-19-7/h3-4,6H,2,5H2,1H3,(H3,12,13,14,15). The van der Waals surface area contributed by atoms with Gasteiger partial charge in [0.2, 0.25) is 11.8 Å². The topological polar surface area (TPSA) is 120 Å². The van der Waals surface area contributed by atoms with Gasteiger partial charge in [0.05, 0.1) is 11.2 Å². The average Bonchev–Trinajstić information content (AvgIpc) is 2.88. The van der Waals surface area contributed by atoms with Gasteiger partial charge in [0, 0.05) is 6.54 Å². The minimum absolute atomic E-state index is 0.0457. The van der Waals surface area contributed by atoms with Crippen molar-refractivity contribution in [3.05, 3.63) is 28.5 Å². The van der Waals surface area contributed by atoms with Crippen LogP contribution in [0, 0.1) is 10.1 Å². The molecular formula is C11H13N5O3. The molecule has 2 aromatic heterocycles. The van der Waals surface area contributed by atoms with Gasteiger partial charge in [-0.1, -0.05) is 6.92 Å². The predicted molar refractivity (Wildman–Crippen MR) is 69.6 cm³/mol. The molecule has 0 saturated carbocycles. The van der Waals surface area contributed by atoms with Gasteiger partial charge in [-0.2, -0.15) is 4.98 Å². The lowest BCUT2D eigenvalue weighted by molar-refractivity contribution is -0.383. The first kappa shape index (κ1) is 12.8. The SMILES string of the molecule is CCCNc1nc(N)nc(-c2ccco2)c1[N+](=O)[O-]. The maximum atomic E-state index is 11.2. The van der Waals surface area contributed by atoms with Crippen molar-refractivity contribution >= 4 is 17.5 Å². The van der Waals surface area contributed by atoms with Gasteiger partial charge in [-0.3, -0.25) is 10.1 Å². The highest BCUT2D eigenvalue weighted by Crippen LogP contribution is 2.34. The summed E-state index contributed by atoms with van der Waals surface area (Å²) < 4.78 is 5.15. The molecule has 0 aliphatic carbocycles. The van der Waals surface area contributed by atoms with Gasteiger partial charge in [0.1, 0.15) is 0 Å². The lowest BCUT2D eigenvalue weighted by Crippen LogP contribution is -2.10. The third kappa shape index (κ3) is 2.62. The number of anilines is 2. The van der Waals surface area contributed by atoms with Crippen LogP contribution in [0.4, 0.5) is 17.5 Å². The van der Waals surface area contributed by atoms with Gasteiger partial charge in [0.25, 0.3) is 0 Å². The van der Waals surface area contributed by atoms with Crippen LogP contribution < -0.4 is 11.1 Å². The molecule has 0 unspecified atom stereocenters. The van der Waals surface area contributed by atoms with Crippen molar-refractivity contribution in [2.75, 3.05) is 17.6 Å². The van der Waals surface area contributed by atoms with Crippen LogP contribution >= 0.6 is 0 Å². The molecule has 0 spiro atoms. The van der Waals surface area contributed by atoms with E-state index in [0.717, 1.165) is 6.42 Å². The maximum Gasteiger partial charge on any atom is 0.340 e. The number of nitrogens with zero attached hydrogens (tertiary/aromatic N) is 3. The molecule has 0 amide bonds. The van der Waals surface area contributed by atoms with E-state index >= 15 is 0 Å². The van der Waals surface area contributed by atoms with Gasteiger partial charge < -0.3 is 15.5 Å². The quantitative estimate of drug-likeness (QED) is 0.625. The zero-order valence-corrected chi connectivity index (χ0v) is 10.3. The van der Waals surface area contributed by atoms with Crippen LogP contribution in [0.5, 0.6) is 0 Å². The first-order valence-corrected chi connectivity index (χ1v) is 5.73. The molecule has 0 atom stereocenters. The Kier molecular flexibility index (Phi) is 3.60. The maximum absolute atomic E-state index is 11.2. The monoisotopic (exact) mass is 263 g/mol. The van der Waals surface area contributed by atoms with E-state index in [1.54, 1.807) is 12.1 Å². The molecule has 0 fully saturated rings. The normalized spacial score (nSPS) is 10.4. The highest BCUT2D eigenvalue weighted by molar-refractivity contribution is 5.75. The van der Waals surface area contributed by atoms with Crippen molar-refractivity contribution in [2.24, 2.45) is 0 Å². The number of nitrogens with two attached hydrogens (primary N) is 1. The van der Waals surface area contributed by atoms with Gasteiger partial charge in [-0.05, 0) is 18.6 Å². The van der Waals surface area contributed by atoms with E-state index in [9.17, 15) is 10.1 Å². The first-order chi connectivity index (χ1) is 9.13. The fourth-order valence-electron chi connectivity index (χ4n) is 1.60. The van der Waals surface area contributed by atoms with E-state index in [4.69, 9.17) is 10.2 Å². The van der Waals surface area contributed by atoms with Crippen molar-refractivity contribution in [1.29, 1.82) is 0 Å². The van der Waals surface area contributed by atoms with Crippen LogP contribution in [0.2, 0.25) is 0 Å². The molecule has 8 nitrogen and oxygen atoms in total. The predicted octanol–water partition coefficient (Wildman–Crippen LogP) is 2.05. The Morgan fingerprint density at radius 3 is 2.89 bits per heavy atom. The van der Waals surface area contributed by atoms with E-state index < -0.39 is 4.92 Å². The molecule has 2 heterocycles. The third-order valence-electron chi connectivity index (χ3n) is 2.38. The fraction of sp³-hybridized carbons (Fsp3) is 0.273. The highest BCUT2D eigenvalue weighted by Gasteiger charge is 2.26. The summed E-state index contributed by atoms with van der Waals surface area (Å²) in [5, 5.41) is 14.1. The molecule has 0 aliphatic heterocycles. The minimum atomic E-state index is -0.546. The second-order valence-electron chi connectivity index (χ2n) is 3.79. The second kappa shape index (κ2) is 5.34. The third-order valence-corrected chi connectivity index (χ3v) is 2.38. The van der Waals surface area contributed by atoms with Crippen molar-refractivity contribution < 1.29 is 9.34 Å². The number of nitro groups is 1. The molecule has 3 N–H and O–H groups in total. The number of nitrogens with one attached hydrogen (secondary N) is 1. The molecule has 2 aromatic rings. The molecule has 0 saturated heterocycles. The van der Waals surface area contributed by atoms with Gasteiger partial charge >= 0.3 is 5.69 Å². The van der Waals surface area contributed by atoms with Crippen molar-refractivity contribution in [3.63, 3.8) is 0 Å². The van der Waals surface area contributed by atoms with Crippen molar-refractivity contribution in [2.45, 2.75) is 13.3 Å². The Labute approximate surface area is 108 Å². The van der Waals surface area contributed by atoms with Gasteiger partial charge in [0.15, 0.2) is 11.5 Å². The molecular weight excluding hydrogens is 250 g/mol. The average molecular weight is 263 g/mol. The summed E-state index contributed by atoms with van der Waals surface area (Å²) in [4.78, 5) is 18.4. The van der Waals surface area contributed by atoms with E-state index in [1.807, 2.05) is 6.92 Å². The summed E-state index contributed by atoms with van der Waals surface area (Å²) in [7, 11) is 0. The molecule has 0 bridgehead atoms. The Balaban J connectivity index is 2.58. The van der Waals surface area contributed by atoms with Crippen molar-refractivity contribution in [3.8, 4) is 11.5 Å². The Morgan fingerprint density at radius 1 is 1.53 bits per heavy atom. The number of rotatable bonds is 5. The van der Waals surface area contributed by atoms with Gasteiger partial charge in [-0.15, -0.1) is 0 Å². The Hall–Kier alpha value is -2.64. The first-order valence-electron chi connectivity index (χ1n) is 5.73. The largest absolute Gasteiger partial charge is 0.462 e. The number of hydrogen-bond acceptors (Lipinski definition) is 7. The zero-order valence-electron chi connectivity index (χ0n) is 10.3. The molecule has 19 heavy (non-hydrogen) atoms. The Morgan fingerprint density at radius 2 is 2.32 bits per heavy atom. The van der Waals surface area contributed by atoms with E-state index in [0.29, 0.717) is 6.54 Å². The van der Waals surface area contributed by atoms with E-state index in [1.165, 1.54) is 6.26 Å². The summed E-state index contributed by atoms with van der Waals surface area (Å²) in [6.45, 7) is 2.49. The molecule has 100 valence electrons. The number of aromatic nitrogens is 2. The summed E-state index contributed by atoms with van der Waals surface area (Å²) in [6, 6.07) is 3.20. The number of furan rings is 1.